The molecule has 0 aromatic heterocycles. The molecule has 0 amide bonds. The van der Waals surface area contributed by atoms with Crippen LogP contribution in [0.4, 0.5) is 0 Å². The largest absolute Gasteiger partial charge is 0.457 e. The summed E-state index contributed by atoms with van der Waals surface area (Å²) in [5.74, 6) is -1.79. The summed E-state index contributed by atoms with van der Waals surface area (Å²) in [6.07, 6.45) is 1.26. The second-order valence-corrected chi connectivity index (χ2v) is 18.4. The van der Waals surface area contributed by atoms with Crippen LogP contribution in [-0.2, 0) is 37.0 Å². The fraction of sp³-hybridized carbons (Fsp3) is 0.815. The highest BCUT2D eigenvalue weighted by Gasteiger charge is 2.49. The summed E-state index contributed by atoms with van der Waals surface area (Å²) in [6, 6.07) is 0. The standard InChI is InChI=1S/C27H49O8PSi/c1-11-32-36(29,33-12-2)18-26(28)35-25-15-23(10)27(30-13-14-31-27)16-24(25)22(9)17-34-37(19(3)4,20(5)6)21(7)8/h15,19-21,24-25H,9,11-14,16-18H2,1-8,10H3/t24-,25-/m1/s1. The van der Waals surface area contributed by atoms with Crippen LogP contribution in [0.1, 0.15) is 68.7 Å². The Morgan fingerprint density at radius 3 is 2.05 bits per heavy atom. The second kappa shape index (κ2) is 13.5. The first kappa shape index (κ1) is 32.4. The topological polar surface area (TPSA) is 89.5 Å². The van der Waals surface area contributed by atoms with Gasteiger partial charge in [0.1, 0.15) is 12.3 Å². The molecule has 0 saturated carbocycles. The summed E-state index contributed by atoms with van der Waals surface area (Å²) < 4.78 is 48.3. The molecule has 10 heteroatoms. The van der Waals surface area contributed by atoms with Crippen LogP contribution < -0.4 is 0 Å². The van der Waals surface area contributed by atoms with Crippen LogP contribution in [0.2, 0.25) is 16.6 Å². The predicted molar refractivity (Wildman–Crippen MR) is 148 cm³/mol. The van der Waals surface area contributed by atoms with Crippen LogP contribution >= 0.6 is 7.60 Å². The Kier molecular flexibility index (Phi) is 11.8. The van der Waals surface area contributed by atoms with Gasteiger partial charge in [-0.3, -0.25) is 9.36 Å². The molecule has 0 aromatic carbocycles. The summed E-state index contributed by atoms with van der Waals surface area (Å²) in [4.78, 5) is 12.9. The molecule has 0 unspecified atom stereocenters. The first-order chi connectivity index (χ1) is 17.3. The number of ether oxygens (including phenoxy) is 3. The lowest BCUT2D eigenvalue weighted by atomic mass is 9.79. The van der Waals surface area contributed by atoms with E-state index < -0.39 is 39.9 Å². The lowest BCUT2D eigenvalue weighted by Gasteiger charge is -2.44. The molecular formula is C27H49O8PSi. The van der Waals surface area contributed by atoms with Crippen molar-refractivity contribution in [3.63, 3.8) is 0 Å². The maximum atomic E-state index is 12.9. The van der Waals surface area contributed by atoms with Gasteiger partial charge < -0.3 is 27.7 Å². The summed E-state index contributed by atoms with van der Waals surface area (Å²) >= 11 is 0. The third-order valence-electron chi connectivity index (χ3n) is 7.63. The van der Waals surface area contributed by atoms with Gasteiger partial charge in [-0.15, -0.1) is 0 Å². The van der Waals surface area contributed by atoms with Gasteiger partial charge in [0.25, 0.3) is 0 Å². The van der Waals surface area contributed by atoms with Crippen molar-refractivity contribution < 1.29 is 37.0 Å². The number of esters is 1. The SMILES string of the molecule is C=C(CO[Si](C(C)C)(C(C)C)C(C)C)[C@H]1CC2(OCCO2)C(C)=C[C@H]1OC(=O)CP(=O)(OCC)OCC. The molecule has 8 nitrogen and oxygen atoms in total. The number of hydrogen-bond donors (Lipinski definition) is 0. The van der Waals surface area contributed by atoms with Gasteiger partial charge in [0.2, 0.25) is 8.32 Å². The molecule has 0 aromatic rings. The van der Waals surface area contributed by atoms with E-state index in [-0.39, 0.29) is 19.1 Å². The van der Waals surface area contributed by atoms with E-state index in [2.05, 4.69) is 48.1 Å². The molecule has 1 spiro atoms. The predicted octanol–water partition coefficient (Wildman–Crippen LogP) is 6.62. The minimum Gasteiger partial charge on any atom is -0.457 e. The fourth-order valence-corrected chi connectivity index (χ4v) is 12.9. The van der Waals surface area contributed by atoms with Crippen molar-refractivity contribution in [2.45, 2.75) is 97.2 Å². The third-order valence-corrected chi connectivity index (χ3v) is 15.6. The molecule has 1 aliphatic carbocycles. The molecular weight excluding hydrogens is 511 g/mol. The zero-order valence-corrected chi connectivity index (χ0v) is 26.2. The zero-order chi connectivity index (χ0) is 28.0. The molecule has 2 atom stereocenters. The minimum atomic E-state index is -3.58. The summed E-state index contributed by atoms with van der Waals surface area (Å²) in [7, 11) is -5.71. The van der Waals surface area contributed by atoms with Gasteiger partial charge >= 0.3 is 13.6 Å². The normalized spacial score (nSPS) is 22.2. The lowest BCUT2D eigenvalue weighted by Crippen LogP contribution is -2.49. The molecule has 1 aliphatic heterocycles. The van der Waals surface area contributed by atoms with Crippen LogP contribution in [0.25, 0.3) is 0 Å². The smallest absolute Gasteiger partial charge is 0.341 e. The van der Waals surface area contributed by atoms with Gasteiger partial charge in [0.15, 0.2) is 5.79 Å². The molecule has 1 saturated heterocycles. The van der Waals surface area contributed by atoms with Gasteiger partial charge in [0, 0.05) is 12.3 Å². The van der Waals surface area contributed by atoms with Crippen molar-refractivity contribution in [2.24, 2.45) is 5.92 Å². The molecule has 0 bridgehead atoms. The van der Waals surface area contributed by atoms with Gasteiger partial charge in [-0.05, 0) is 54.6 Å². The maximum Gasteiger partial charge on any atom is 0.341 e. The first-order valence-electron chi connectivity index (χ1n) is 13.6. The third kappa shape index (κ3) is 7.44. The van der Waals surface area contributed by atoms with Gasteiger partial charge in [-0.1, -0.05) is 48.1 Å². The van der Waals surface area contributed by atoms with Crippen LogP contribution in [-0.4, -0.2) is 65.4 Å². The molecule has 0 N–H and O–H groups in total. The molecule has 2 rings (SSSR count). The molecule has 37 heavy (non-hydrogen) atoms. The Bertz CT molecular complexity index is 831. The van der Waals surface area contributed by atoms with Crippen molar-refractivity contribution in [3.05, 3.63) is 23.8 Å². The van der Waals surface area contributed by atoms with Crippen molar-refractivity contribution in [1.82, 2.24) is 0 Å². The van der Waals surface area contributed by atoms with Crippen molar-refractivity contribution in [1.29, 1.82) is 0 Å². The summed E-state index contributed by atoms with van der Waals surface area (Å²) in [5.41, 5.74) is 2.97. The van der Waals surface area contributed by atoms with E-state index >= 15 is 0 Å². The number of carbonyl (C=O) groups is 1. The average Bonchev–Trinajstić information content (AvgIpc) is 3.25. The number of rotatable bonds is 14. The van der Waals surface area contributed by atoms with Gasteiger partial charge in [-0.25, -0.2) is 0 Å². The van der Waals surface area contributed by atoms with E-state index in [9.17, 15) is 9.36 Å². The van der Waals surface area contributed by atoms with Crippen molar-refractivity contribution >= 4 is 21.9 Å². The number of hydrogen-bond acceptors (Lipinski definition) is 8. The Morgan fingerprint density at radius 1 is 1.08 bits per heavy atom. The van der Waals surface area contributed by atoms with Gasteiger partial charge in [-0.2, -0.15) is 0 Å². The molecule has 0 radical (unpaired) electrons. The zero-order valence-electron chi connectivity index (χ0n) is 24.3. The van der Waals surface area contributed by atoms with Gasteiger partial charge in [0.05, 0.1) is 33.0 Å². The highest BCUT2D eigenvalue weighted by molar-refractivity contribution is 7.54. The van der Waals surface area contributed by atoms with Crippen LogP contribution in [0.5, 0.6) is 0 Å². The Morgan fingerprint density at radius 2 is 1.59 bits per heavy atom. The highest BCUT2D eigenvalue weighted by Crippen LogP contribution is 2.49. The molecule has 2 aliphatic rings. The molecule has 1 heterocycles. The van der Waals surface area contributed by atoms with E-state index in [1.807, 2.05) is 13.0 Å². The minimum absolute atomic E-state index is 0.175. The molecule has 1 fully saturated rings. The van der Waals surface area contributed by atoms with E-state index in [0.29, 0.717) is 42.9 Å². The Balaban J connectivity index is 2.29. The maximum absolute atomic E-state index is 12.9. The summed E-state index contributed by atoms with van der Waals surface area (Å²) in [6.45, 7) is 24.9. The highest BCUT2D eigenvalue weighted by atomic mass is 31.2. The molecule has 214 valence electrons. The monoisotopic (exact) mass is 560 g/mol. The van der Waals surface area contributed by atoms with E-state index in [1.54, 1.807) is 13.8 Å². The van der Waals surface area contributed by atoms with Crippen LogP contribution in [0, 0.1) is 5.92 Å². The Hall–Kier alpha value is -0.803. The van der Waals surface area contributed by atoms with Crippen LogP contribution in [0.15, 0.2) is 23.8 Å². The average molecular weight is 561 g/mol. The second-order valence-electron chi connectivity index (χ2n) is 10.9. The van der Waals surface area contributed by atoms with Crippen LogP contribution in [0.3, 0.4) is 0 Å². The van der Waals surface area contributed by atoms with Crippen molar-refractivity contribution in [2.75, 3.05) is 39.2 Å². The Labute approximate surface area is 225 Å². The fourth-order valence-electron chi connectivity index (χ4n) is 6.04. The van der Waals surface area contributed by atoms with E-state index in [4.69, 9.17) is 27.7 Å². The quantitative estimate of drug-likeness (QED) is 0.101. The first-order valence-corrected chi connectivity index (χ1v) is 17.5. The lowest BCUT2D eigenvalue weighted by molar-refractivity contribution is -0.163. The number of carbonyl (C=O) groups excluding carboxylic acids is 1. The van der Waals surface area contributed by atoms with E-state index in [1.165, 1.54) is 0 Å². The van der Waals surface area contributed by atoms with E-state index in [0.717, 1.165) is 11.1 Å². The summed E-state index contributed by atoms with van der Waals surface area (Å²) in [5, 5.41) is 0. The van der Waals surface area contributed by atoms with Crippen molar-refractivity contribution in [3.8, 4) is 0 Å².